The molecule has 0 radical (unpaired) electrons. The fourth-order valence-electron chi connectivity index (χ4n) is 2.50. The molecule has 0 aliphatic carbocycles. The van der Waals surface area contributed by atoms with Gasteiger partial charge in [-0.3, -0.25) is 0 Å². The van der Waals surface area contributed by atoms with E-state index in [2.05, 4.69) is 4.90 Å². The molecule has 1 N–H and O–H groups in total. The molecule has 76 valence electrons. The Kier molecular flexibility index (Phi) is 2.28. The maximum atomic E-state index is 12.6. The second kappa shape index (κ2) is 3.17. The monoisotopic (exact) mass is 191 g/mol. The molecule has 4 heteroatoms. The first kappa shape index (κ1) is 9.34. The lowest BCUT2D eigenvalue weighted by atomic mass is 9.76. The van der Waals surface area contributed by atoms with E-state index < -0.39 is 12.0 Å². The van der Waals surface area contributed by atoms with E-state index in [1.807, 2.05) is 0 Å². The van der Waals surface area contributed by atoms with Gasteiger partial charge in [-0.2, -0.15) is 0 Å². The molecule has 3 atom stereocenters. The topological polar surface area (TPSA) is 23.5 Å². The van der Waals surface area contributed by atoms with Crippen molar-refractivity contribution >= 4 is 0 Å². The van der Waals surface area contributed by atoms with Crippen molar-refractivity contribution in [3.05, 3.63) is 0 Å². The van der Waals surface area contributed by atoms with Gasteiger partial charge >= 0.3 is 0 Å². The maximum Gasteiger partial charge on any atom is 0.267 e. The summed E-state index contributed by atoms with van der Waals surface area (Å²) in [5.41, 5.74) is -1.70. The van der Waals surface area contributed by atoms with Crippen molar-refractivity contribution < 1.29 is 13.9 Å². The summed E-state index contributed by atoms with van der Waals surface area (Å²) in [6.07, 6.45) is -0.662. The van der Waals surface area contributed by atoms with Crippen LogP contribution in [0.15, 0.2) is 0 Å². The standard InChI is InChI=1S/C9H15F2NO/c10-8(11)9(13)3-5-12-4-1-2-7(9)6-12/h7-8,13H,1-6H2. The first-order valence-electron chi connectivity index (χ1n) is 4.86. The molecule has 0 spiro atoms. The Labute approximate surface area is 76.5 Å². The number of halogens is 2. The molecule has 0 aromatic carbocycles. The van der Waals surface area contributed by atoms with Crippen molar-refractivity contribution in [1.29, 1.82) is 0 Å². The summed E-state index contributed by atoms with van der Waals surface area (Å²) in [6, 6.07) is 0. The van der Waals surface area contributed by atoms with Gasteiger partial charge in [0, 0.05) is 19.0 Å². The number of hydrogen-bond donors (Lipinski definition) is 1. The first-order valence-corrected chi connectivity index (χ1v) is 4.86. The highest BCUT2D eigenvalue weighted by Gasteiger charge is 2.49. The van der Waals surface area contributed by atoms with Crippen LogP contribution in [0.4, 0.5) is 8.78 Å². The van der Waals surface area contributed by atoms with Gasteiger partial charge < -0.3 is 10.0 Å². The van der Waals surface area contributed by atoms with Gasteiger partial charge in [0.15, 0.2) is 0 Å². The normalized spacial score (nSPS) is 45.2. The number of piperidine rings is 2. The molecule has 0 amide bonds. The molecule has 2 nitrogen and oxygen atoms in total. The number of aliphatic hydroxyl groups is 1. The van der Waals surface area contributed by atoms with Crippen molar-refractivity contribution in [1.82, 2.24) is 4.90 Å². The molecule has 0 saturated carbocycles. The second-order valence-corrected chi connectivity index (χ2v) is 4.18. The summed E-state index contributed by atoms with van der Waals surface area (Å²) >= 11 is 0. The van der Waals surface area contributed by atoms with Crippen LogP contribution in [-0.4, -0.2) is 41.7 Å². The third kappa shape index (κ3) is 1.46. The Bertz CT molecular complexity index is 200. The Morgan fingerprint density at radius 3 is 2.85 bits per heavy atom. The molecule has 2 fully saturated rings. The average Bonchev–Trinajstić information content (AvgIpc) is 2.13. The molecule has 2 heterocycles. The van der Waals surface area contributed by atoms with Gasteiger partial charge in [-0.25, -0.2) is 8.78 Å². The lowest BCUT2D eigenvalue weighted by Crippen LogP contribution is -2.58. The van der Waals surface area contributed by atoms with E-state index in [0.29, 0.717) is 13.1 Å². The summed E-state index contributed by atoms with van der Waals surface area (Å²) in [4.78, 5) is 2.17. The smallest absolute Gasteiger partial charge is 0.267 e. The van der Waals surface area contributed by atoms with E-state index in [0.717, 1.165) is 19.4 Å². The highest BCUT2D eigenvalue weighted by molar-refractivity contribution is 4.97. The summed E-state index contributed by atoms with van der Waals surface area (Å²) in [5.74, 6) is -0.213. The number of fused-ring (bicyclic) bond motifs is 2. The fraction of sp³-hybridized carbons (Fsp3) is 1.00. The van der Waals surface area contributed by atoms with Crippen LogP contribution >= 0.6 is 0 Å². The van der Waals surface area contributed by atoms with Crippen LogP contribution in [0.25, 0.3) is 0 Å². The van der Waals surface area contributed by atoms with E-state index >= 15 is 0 Å². The number of alkyl halides is 2. The third-order valence-corrected chi connectivity index (χ3v) is 3.42. The Hall–Kier alpha value is -0.220. The first-order chi connectivity index (χ1) is 6.13. The largest absolute Gasteiger partial charge is 0.384 e. The predicted molar refractivity (Wildman–Crippen MR) is 44.7 cm³/mol. The molecular formula is C9H15F2NO. The van der Waals surface area contributed by atoms with Crippen LogP contribution in [-0.2, 0) is 0 Å². The highest BCUT2D eigenvalue weighted by Crippen LogP contribution is 2.38. The zero-order valence-electron chi connectivity index (χ0n) is 7.55. The van der Waals surface area contributed by atoms with E-state index in [1.54, 1.807) is 0 Å². The van der Waals surface area contributed by atoms with Gasteiger partial charge in [0.1, 0.15) is 5.60 Å². The lowest BCUT2D eigenvalue weighted by Gasteiger charge is -2.47. The highest BCUT2D eigenvalue weighted by atomic mass is 19.3. The van der Waals surface area contributed by atoms with Gasteiger partial charge in [0.05, 0.1) is 0 Å². The van der Waals surface area contributed by atoms with Crippen LogP contribution in [0, 0.1) is 5.92 Å². The molecule has 0 aromatic rings. The molecule has 2 bridgehead atoms. The minimum Gasteiger partial charge on any atom is -0.384 e. The molecule has 0 aromatic heterocycles. The maximum absolute atomic E-state index is 12.6. The minimum absolute atomic E-state index is 0.213. The van der Waals surface area contributed by atoms with Crippen LogP contribution in [0.1, 0.15) is 19.3 Å². The van der Waals surface area contributed by atoms with E-state index in [9.17, 15) is 13.9 Å². The van der Waals surface area contributed by atoms with Gasteiger partial charge in [0.2, 0.25) is 0 Å². The van der Waals surface area contributed by atoms with Crippen LogP contribution < -0.4 is 0 Å². The SMILES string of the molecule is OC1(C(F)F)CCN2CCCC1C2. The summed E-state index contributed by atoms with van der Waals surface area (Å²) < 4.78 is 25.2. The summed E-state index contributed by atoms with van der Waals surface area (Å²) in [5, 5.41) is 9.78. The Balaban J connectivity index is 2.12. The molecule has 13 heavy (non-hydrogen) atoms. The lowest BCUT2D eigenvalue weighted by molar-refractivity contribution is -0.171. The van der Waals surface area contributed by atoms with Gasteiger partial charge in [-0.1, -0.05) is 0 Å². The van der Waals surface area contributed by atoms with Crippen molar-refractivity contribution in [2.45, 2.75) is 31.3 Å². The molecule has 2 rings (SSSR count). The van der Waals surface area contributed by atoms with E-state index in [1.165, 1.54) is 0 Å². The number of rotatable bonds is 1. The number of nitrogens with zero attached hydrogens (tertiary/aromatic N) is 1. The van der Waals surface area contributed by atoms with Crippen LogP contribution in [0.5, 0.6) is 0 Å². The van der Waals surface area contributed by atoms with E-state index in [-0.39, 0.29) is 12.3 Å². The van der Waals surface area contributed by atoms with Crippen LogP contribution in [0.3, 0.4) is 0 Å². The van der Waals surface area contributed by atoms with Crippen LogP contribution in [0.2, 0.25) is 0 Å². The zero-order valence-corrected chi connectivity index (χ0v) is 7.55. The third-order valence-electron chi connectivity index (χ3n) is 3.42. The van der Waals surface area contributed by atoms with E-state index in [4.69, 9.17) is 0 Å². The summed E-state index contributed by atoms with van der Waals surface area (Å²) in [7, 11) is 0. The predicted octanol–water partition coefficient (Wildman–Crippen LogP) is 1.10. The van der Waals surface area contributed by atoms with Gasteiger partial charge in [-0.15, -0.1) is 0 Å². The molecule has 2 aliphatic rings. The van der Waals surface area contributed by atoms with Crippen molar-refractivity contribution in [3.8, 4) is 0 Å². The minimum atomic E-state index is -2.59. The van der Waals surface area contributed by atoms with Gasteiger partial charge in [0.25, 0.3) is 6.43 Å². The Morgan fingerprint density at radius 1 is 1.38 bits per heavy atom. The summed E-state index contributed by atoms with van der Waals surface area (Å²) in [6.45, 7) is 2.29. The molecule has 2 aliphatic heterocycles. The fourth-order valence-corrected chi connectivity index (χ4v) is 2.50. The molecule has 3 unspecified atom stereocenters. The second-order valence-electron chi connectivity index (χ2n) is 4.18. The van der Waals surface area contributed by atoms with Crippen molar-refractivity contribution in [2.24, 2.45) is 5.92 Å². The molecular weight excluding hydrogens is 176 g/mol. The Morgan fingerprint density at radius 2 is 2.15 bits per heavy atom. The molecule has 2 saturated heterocycles. The van der Waals surface area contributed by atoms with Gasteiger partial charge in [-0.05, 0) is 25.8 Å². The van der Waals surface area contributed by atoms with Crippen molar-refractivity contribution in [3.63, 3.8) is 0 Å². The average molecular weight is 191 g/mol. The number of hydrogen-bond acceptors (Lipinski definition) is 2. The van der Waals surface area contributed by atoms with Crippen molar-refractivity contribution in [2.75, 3.05) is 19.6 Å². The zero-order chi connectivity index (χ0) is 9.47. The quantitative estimate of drug-likeness (QED) is 0.671.